The van der Waals surface area contributed by atoms with E-state index in [9.17, 15) is 18.4 Å². The zero-order valence-electron chi connectivity index (χ0n) is 17.6. The standard InChI is InChI=1S/C24H24F2N4O2/c1-24(25,26)23(32)27-19-13-20(31)30(22(19)15-6-3-2-4-7-15)16-10-11-17-18(12-16)28-29-21(17)14-8-5-9-14/h2-4,6-7,10-12,14,19,22H,5,8-9,13H2,1H3,(H,27,32)(H,28,29)/t19-,22+/m0/s1. The van der Waals surface area contributed by atoms with Crippen LogP contribution < -0.4 is 10.2 Å². The maximum atomic E-state index is 13.6. The molecule has 1 aliphatic heterocycles. The summed E-state index contributed by atoms with van der Waals surface area (Å²) in [5.74, 6) is -4.67. The fourth-order valence-electron chi connectivity index (χ4n) is 4.67. The Balaban J connectivity index is 1.52. The number of nitrogens with one attached hydrogen (secondary N) is 2. The van der Waals surface area contributed by atoms with Crippen LogP contribution in [0.2, 0.25) is 0 Å². The summed E-state index contributed by atoms with van der Waals surface area (Å²) in [6.45, 7) is 0.556. The van der Waals surface area contributed by atoms with Crippen LogP contribution >= 0.6 is 0 Å². The zero-order valence-corrected chi connectivity index (χ0v) is 17.6. The van der Waals surface area contributed by atoms with Crippen molar-refractivity contribution in [3.8, 4) is 0 Å². The Hall–Kier alpha value is -3.29. The minimum Gasteiger partial charge on any atom is -0.345 e. The molecule has 0 spiro atoms. The summed E-state index contributed by atoms with van der Waals surface area (Å²) < 4.78 is 27.1. The van der Waals surface area contributed by atoms with Crippen molar-refractivity contribution < 1.29 is 18.4 Å². The third kappa shape index (κ3) is 3.53. The number of aromatic nitrogens is 2. The van der Waals surface area contributed by atoms with Crippen LogP contribution in [0.5, 0.6) is 0 Å². The molecule has 2 fully saturated rings. The van der Waals surface area contributed by atoms with E-state index in [0.717, 1.165) is 35.0 Å². The average Bonchev–Trinajstić information content (AvgIpc) is 3.27. The molecular formula is C24H24F2N4O2. The number of carbonyl (C=O) groups excluding carboxylic acids is 2. The molecule has 2 aliphatic rings. The molecule has 2 atom stereocenters. The van der Waals surface area contributed by atoms with Crippen LogP contribution in [0.25, 0.3) is 10.9 Å². The molecule has 1 aromatic heterocycles. The van der Waals surface area contributed by atoms with Gasteiger partial charge in [-0.3, -0.25) is 14.7 Å². The molecule has 2 N–H and O–H groups in total. The lowest BCUT2D eigenvalue weighted by Crippen LogP contribution is -2.46. The molecule has 2 heterocycles. The van der Waals surface area contributed by atoms with E-state index < -0.39 is 23.9 Å². The maximum Gasteiger partial charge on any atom is 0.321 e. The van der Waals surface area contributed by atoms with E-state index >= 15 is 0 Å². The van der Waals surface area contributed by atoms with Gasteiger partial charge in [0.05, 0.1) is 23.3 Å². The third-order valence-corrected chi connectivity index (χ3v) is 6.52. The number of amides is 2. The first-order valence-corrected chi connectivity index (χ1v) is 10.9. The van der Waals surface area contributed by atoms with Gasteiger partial charge in [-0.25, -0.2) is 0 Å². The van der Waals surface area contributed by atoms with Gasteiger partial charge in [0.15, 0.2) is 0 Å². The van der Waals surface area contributed by atoms with Gasteiger partial charge in [0.2, 0.25) is 5.91 Å². The van der Waals surface area contributed by atoms with Gasteiger partial charge in [0.1, 0.15) is 0 Å². The maximum absolute atomic E-state index is 13.6. The predicted molar refractivity (Wildman–Crippen MR) is 117 cm³/mol. The molecule has 3 aromatic rings. The summed E-state index contributed by atoms with van der Waals surface area (Å²) in [5, 5.41) is 11.0. The van der Waals surface area contributed by atoms with E-state index in [1.54, 1.807) is 4.90 Å². The Kier molecular flexibility index (Phi) is 4.95. The quantitative estimate of drug-likeness (QED) is 0.618. The van der Waals surface area contributed by atoms with Crippen LogP contribution in [0.15, 0.2) is 48.5 Å². The first-order chi connectivity index (χ1) is 15.3. The fourth-order valence-corrected chi connectivity index (χ4v) is 4.67. The highest BCUT2D eigenvalue weighted by molar-refractivity contribution is 6.00. The molecule has 5 rings (SSSR count). The summed E-state index contributed by atoms with van der Waals surface area (Å²) in [6, 6.07) is 13.5. The Morgan fingerprint density at radius 3 is 2.59 bits per heavy atom. The average molecular weight is 438 g/mol. The number of rotatable bonds is 5. The molecule has 6 nitrogen and oxygen atoms in total. The number of hydrogen-bond acceptors (Lipinski definition) is 3. The molecule has 0 bridgehead atoms. The number of anilines is 1. The van der Waals surface area contributed by atoms with Crippen LogP contribution in [0, 0.1) is 0 Å². The number of nitrogens with zero attached hydrogens (tertiary/aromatic N) is 2. The number of alkyl halides is 2. The second-order valence-electron chi connectivity index (χ2n) is 8.76. The SMILES string of the molecule is CC(F)(F)C(=O)N[C@H]1CC(=O)N(c2ccc3c(C4CCC4)n[nH]c3c2)[C@@H]1c1ccccc1. The molecule has 2 amide bonds. The summed E-state index contributed by atoms with van der Waals surface area (Å²) in [4.78, 5) is 26.7. The second-order valence-corrected chi connectivity index (χ2v) is 8.76. The van der Waals surface area contributed by atoms with Crippen LogP contribution in [0.4, 0.5) is 14.5 Å². The van der Waals surface area contributed by atoms with Crippen LogP contribution in [-0.2, 0) is 9.59 Å². The van der Waals surface area contributed by atoms with E-state index in [1.165, 1.54) is 6.42 Å². The Labute approximate surface area is 184 Å². The van der Waals surface area contributed by atoms with Crippen molar-refractivity contribution in [1.82, 2.24) is 15.5 Å². The minimum atomic E-state index is -3.52. The molecule has 1 saturated heterocycles. The van der Waals surface area contributed by atoms with E-state index in [2.05, 4.69) is 15.5 Å². The van der Waals surface area contributed by atoms with Crippen LogP contribution in [0.1, 0.15) is 55.8 Å². The first-order valence-electron chi connectivity index (χ1n) is 10.9. The Morgan fingerprint density at radius 1 is 1.19 bits per heavy atom. The highest BCUT2D eigenvalue weighted by Crippen LogP contribution is 2.41. The number of H-pyrrole nitrogens is 1. The lowest BCUT2D eigenvalue weighted by Gasteiger charge is -2.29. The smallest absolute Gasteiger partial charge is 0.321 e. The second kappa shape index (κ2) is 7.69. The van der Waals surface area contributed by atoms with Gasteiger partial charge in [0.25, 0.3) is 5.91 Å². The molecule has 1 aliphatic carbocycles. The van der Waals surface area contributed by atoms with Crippen LogP contribution in [-0.4, -0.2) is 34.0 Å². The lowest BCUT2D eigenvalue weighted by molar-refractivity contribution is -0.143. The molecule has 2 aromatic carbocycles. The van der Waals surface area contributed by atoms with Crippen LogP contribution in [0.3, 0.4) is 0 Å². The first kappa shape index (κ1) is 20.6. The van der Waals surface area contributed by atoms with Gasteiger partial charge in [-0.1, -0.05) is 36.8 Å². The fraction of sp³-hybridized carbons (Fsp3) is 0.375. The van der Waals surface area contributed by atoms with Gasteiger partial charge < -0.3 is 10.2 Å². The largest absolute Gasteiger partial charge is 0.345 e. The molecule has 8 heteroatoms. The topological polar surface area (TPSA) is 78.1 Å². The van der Waals surface area contributed by atoms with Gasteiger partial charge in [-0.2, -0.15) is 13.9 Å². The normalized spacial score (nSPS) is 21.7. The number of benzene rings is 2. The molecular weight excluding hydrogens is 414 g/mol. The van der Waals surface area contributed by atoms with Crippen molar-refractivity contribution in [3.05, 3.63) is 59.8 Å². The monoisotopic (exact) mass is 438 g/mol. The van der Waals surface area contributed by atoms with E-state index in [0.29, 0.717) is 18.5 Å². The number of carbonyl (C=O) groups is 2. The third-order valence-electron chi connectivity index (χ3n) is 6.52. The van der Waals surface area contributed by atoms with Gasteiger partial charge >= 0.3 is 5.92 Å². The molecule has 0 unspecified atom stereocenters. The zero-order chi connectivity index (χ0) is 22.5. The van der Waals surface area contributed by atoms with E-state index in [-0.39, 0.29) is 12.3 Å². The Morgan fingerprint density at radius 2 is 1.94 bits per heavy atom. The number of aromatic amines is 1. The summed E-state index contributed by atoms with van der Waals surface area (Å²) >= 11 is 0. The summed E-state index contributed by atoms with van der Waals surface area (Å²) in [7, 11) is 0. The predicted octanol–water partition coefficient (Wildman–Crippen LogP) is 4.45. The van der Waals surface area contributed by atoms with E-state index in [1.807, 2.05) is 48.5 Å². The summed E-state index contributed by atoms with van der Waals surface area (Å²) in [6.07, 6.45) is 3.41. The van der Waals surface area contributed by atoms with Crippen molar-refractivity contribution in [3.63, 3.8) is 0 Å². The lowest BCUT2D eigenvalue weighted by atomic mass is 9.82. The van der Waals surface area contributed by atoms with Crippen molar-refractivity contribution in [1.29, 1.82) is 0 Å². The highest BCUT2D eigenvalue weighted by atomic mass is 19.3. The molecule has 1 saturated carbocycles. The Bertz CT molecular complexity index is 1170. The van der Waals surface area contributed by atoms with Gasteiger partial charge in [-0.05, 0) is 36.6 Å². The molecule has 166 valence electrons. The highest BCUT2D eigenvalue weighted by Gasteiger charge is 2.45. The van der Waals surface area contributed by atoms with E-state index in [4.69, 9.17) is 0 Å². The van der Waals surface area contributed by atoms with Crippen molar-refractivity contribution >= 4 is 28.4 Å². The molecule has 32 heavy (non-hydrogen) atoms. The van der Waals surface area contributed by atoms with Crippen molar-refractivity contribution in [2.75, 3.05) is 4.90 Å². The number of fused-ring (bicyclic) bond motifs is 1. The molecule has 0 radical (unpaired) electrons. The number of halogens is 2. The number of hydrogen-bond donors (Lipinski definition) is 2. The van der Waals surface area contributed by atoms with Crippen molar-refractivity contribution in [2.24, 2.45) is 0 Å². The van der Waals surface area contributed by atoms with Gasteiger partial charge in [-0.15, -0.1) is 0 Å². The van der Waals surface area contributed by atoms with Crippen molar-refractivity contribution in [2.45, 2.75) is 56.5 Å². The minimum absolute atomic E-state index is 0.0598. The van der Waals surface area contributed by atoms with Gasteiger partial charge in [0, 0.05) is 30.3 Å². The summed E-state index contributed by atoms with van der Waals surface area (Å²) in [5.41, 5.74) is 3.29.